The second-order valence-electron chi connectivity index (χ2n) is 6.30. The molecular formula is C20H20N4OS. The van der Waals surface area contributed by atoms with Gasteiger partial charge in [-0.1, -0.05) is 12.1 Å². The van der Waals surface area contributed by atoms with Crippen LogP contribution in [0.4, 0.5) is 11.4 Å². The maximum Gasteiger partial charge on any atom is 0.275 e. The molecule has 0 unspecified atom stereocenters. The number of thiazole rings is 1. The third kappa shape index (κ3) is 3.60. The molecule has 4 rings (SSSR count). The predicted octanol–water partition coefficient (Wildman–Crippen LogP) is 4.45. The van der Waals surface area contributed by atoms with Gasteiger partial charge in [-0.2, -0.15) is 0 Å². The highest BCUT2D eigenvalue weighted by Gasteiger charge is 2.17. The Labute approximate surface area is 156 Å². The molecule has 0 atom stereocenters. The highest BCUT2D eigenvalue weighted by atomic mass is 32.1. The first-order valence-electron chi connectivity index (χ1n) is 8.82. The Balaban J connectivity index is 1.53. The average Bonchev–Trinajstić information content (AvgIpc) is 3.20. The van der Waals surface area contributed by atoms with Gasteiger partial charge in [0.1, 0.15) is 10.7 Å². The molecule has 0 saturated carbocycles. The quantitative estimate of drug-likeness (QED) is 0.743. The van der Waals surface area contributed by atoms with Crippen LogP contribution >= 0.6 is 11.3 Å². The van der Waals surface area contributed by atoms with Gasteiger partial charge in [-0.05, 0) is 43.5 Å². The van der Waals surface area contributed by atoms with E-state index < -0.39 is 0 Å². The van der Waals surface area contributed by atoms with Crippen molar-refractivity contribution >= 4 is 28.6 Å². The SMILES string of the molecule is O=C(Nc1ccccc1N1CCCCC1)c1csc(-c2cccnc2)n1. The molecule has 1 aliphatic heterocycles. The molecule has 0 aliphatic carbocycles. The van der Waals surface area contributed by atoms with Gasteiger partial charge in [0.15, 0.2) is 0 Å². The Bertz CT molecular complexity index is 888. The maximum atomic E-state index is 12.7. The lowest BCUT2D eigenvalue weighted by Crippen LogP contribution is -2.30. The van der Waals surface area contributed by atoms with Crippen molar-refractivity contribution in [3.05, 3.63) is 59.9 Å². The Morgan fingerprint density at radius 3 is 2.73 bits per heavy atom. The Hall–Kier alpha value is -2.73. The standard InChI is InChI=1S/C20H20N4OS/c25-19(17-14-26-20(23-17)15-7-6-10-21-13-15)22-16-8-2-3-9-18(16)24-11-4-1-5-12-24/h2-3,6-10,13-14H,1,4-5,11-12H2,(H,22,25). The van der Waals surface area contributed by atoms with Crippen molar-refractivity contribution < 1.29 is 4.79 Å². The lowest BCUT2D eigenvalue weighted by atomic mass is 10.1. The monoisotopic (exact) mass is 364 g/mol. The Kier molecular flexibility index (Phi) is 4.93. The van der Waals surface area contributed by atoms with Gasteiger partial charge in [0.05, 0.1) is 11.4 Å². The number of benzene rings is 1. The Morgan fingerprint density at radius 1 is 1.08 bits per heavy atom. The molecule has 2 aromatic heterocycles. The van der Waals surface area contributed by atoms with Crippen LogP contribution in [0.15, 0.2) is 54.2 Å². The van der Waals surface area contributed by atoms with Crippen LogP contribution in [-0.2, 0) is 0 Å². The first kappa shape index (κ1) is 16.7. The van der Waals surface area contributed by atoms with Crippen LogP contribution in [-0.4, -0.2) is 29.0 Å². The number of carbonyl (C=O) groups excluding carboxylic acids is 1. The predicted molar refractivity (Wildman–Crippen MR) is 106 cm³/mol. The summed E-state index contributed by atoms with van der Waals surface area (Å²) in [7, 11) is 0. The van der Waals surface area contributed by atoms with Crippen molar-refractivity contribution in [1.29, 1.82) is 0 Å². The largest absolute Gasteiger partial charge is 0.370 e. The summed E-state index contributed by atoms with van der Waals surface area (Å²) < 4.78 is 0. The minimum absolute atomic E-state index is 0.180. The van der Waals surface area contributed by atoms with Gasteiger partial charge in [-0.3, -0.25) is 9.78 Å². The summed E-state index contributed by atoms with van der Waals surface area (Å²) in [5.74, 6) is -0.180. The van der Waals surface area contributed by atoms with E-state index in [9.17, 15) is 4.79 Å². The highest BCUT2D eigenvalue weighted by Crippen LogP contribution is 2.29. The second-order valence-corrected chi connectivity index (χ2v) is 7.16. The van der Waals surface area contributed by atoms with Gasteiger partial charge in [-0.25, -0.2) is 4.98 Å². The molecule has 0 radical (unpaired) electrons. The van der Waals surface area contributed by atoms with Gasteiger partial charge in [0.2, 0.25) is 0 Å². The van der Waals surface area contributed by atoms with Gasteiger partial charge < -0.3 is 10.2 Å². The lowest BCUT2D eigenvalue weighted by Gasteiger charge is -2.30. The minimum atomic E-state index is -0.180. The fourth-order valence-corrected chi connectivity index (χ4v) is 3.97. The fraction of sp³-hybridized carbons (Fsp3) is 0.250. The van der Waals surface area contributed by atoms with E-state index >= 15 is 0 Å². The summed E-state index contributed by atoms with van der Waals surface area (Å²) in [6.07, 6.45) is 7.15. The van der Waals surface area contributed by atoms with E-state index in [4.69, 9.17) is 0 Å². The van der Waals surface area contributed by atoms with Crippen LogP contribution in [0.3, 0.4) is 0 Å². The number of para-hydroxylation sites is 2. The van der Waals surface area contributed by atoms with Crippen molar-refractivity contribution in [2.24, 2.45) is 0 Å². The van der Waals surface area contributed by atoms with Crippen LogP contribution < -0.4 is 10.2 Å². The number of hydrogen-bond acceptors (Lipinski definition) is 5. The van der Waals surface area contributed by atoms with Crippen LogP contribution in [0.1, 0.15) is 29.8 Å². The molecule has 0 spiro atoms. The van der Waals surface area contributed by atoms with Crippen LogP contribution in [0.5, 0.6) is 0 Å². The first-order valence-corrected chi connectivity index (χ1v) is 9.70. The van der Waals surface area contributed by atoms with E-state index in [2.05, 4.69) is 26.3 Å². The molecule has 3 aromatic rings. The number of pyridine rings is 1. The second kappa shape index (κ2) is 7.66. The first-order chi connectivity index (χ1) is 12.8. The van der Waals surface area contributed by atoms with Gasteiger partial charge in [0.25, 0.3) is 5.91 Å². The number of anilines is 2. The van der Waals surface area contributed by atoms with Gasteiger partial charge >= 0.3 is 0 Å². The molecule has 1 amide bonds. The average molecular weight is 364 g/mol. The van der Waals surface area contributed by atoms with Crippen molar-refractivity contribution in [3.63, 3.8) is 0 Å². The zero-order chi connectivity index (χ0) is 17.8. The number of nitrogens with zero attached hydrogens (tertiary/aromatic N) is 3. The molecule has 1 aromatic carbocycles. The van der Waals surface area contributed by atoms with E-state index in [-0.39, 0.29) is 5.91 Å². The molecular weight excluding hydrogens is 344 g/mol. The zero-order valence-electron chi connectivity index (χ0n) is 14.4. The minimum Gasteiger partial charge on any atom is -0.370 e. The fourth-order valence-electron chi connectivity index (χ4n) is 3.18. The topological polar surface area (TPSA) is 58.1 Å². The maximum absolute atomic E-state index is 12.7. The molecule has 3 heterocycles. The lowest BCUT2D eigenvalue weighted by molar-refractivity contribution is 0.102. The molecule has 1 fully saturated rings. The molecule has 5 nitrogen and oxygen atoms in total. The van der Waals surface area contributed by atoms with Crippen molar-refractivity contribution in [3.8, 4) is 10.6 Å². The summed E-state index contributed by atoms with van der Waals surface area (Å²) in [5.41, 5.74) is 3.28. The number of nitrogens with one attached hydrogen (secondary N) is 1. The summed E-state index contributed by atoms with van der Waals surface area (Å²) in [5, 5.41) is 5.63. The zero-order valence-corrected chi connectivity index (χ0v) is 15.2. The number of aromatic nitrogens is 2. The van der Waals surface area contributed by atoms with E-state index in [1.807, 2.05) is 30.3 Å². The molecule has 0 bridgehead atoms. The summed E-state index contributed by atoms with van der Waals surface area (Å²) in [4.78, 5) is 23.6. The molecule has 132 valence electrons. The summed E-state index contributed by atoms with van der Waals surface area (Å²) in [6, 6.07) is 11.8. The highest BCUT2D eigenvalue weighted by molar-refractivity contribution is 7.13. The Morgan fingerprint density at radius 2 is 1.92 bits per heavy atom. The van der Waals surface area contributed by atoms with Gasteiger partial charge in [0, 0.05) is 36.4 Å². The number of amides is 1. The van der Waals surface area contributed by atoms with Crippen molar-refractivity contribution in [2.45, 2.75) is 19.3 Å². The summed E-state index contributed by atoms with van der Waals surface area (Å²) >= 11 is 1.45. The van der Waals surface area contributed by atoms with E-state index in [1.165, 1.54) is 30.6 Å². The number of rotatable bonds is 4. The normalized spacial score (nSPS) is 14.2. The van der Waals surface area contributed by atoms with Crippen molar-refractivity contribution in [2.75, 3.05) is 23.3 Å². The molecule has 1 aliphatic rings. The van der Waals surface area contributed by atoms with E-state index in [0.717, 1.165) is 35.0 Å². The molecule has 6 heteroatoms. The third-order valence-corrected chi connectivity index (χ3v) is 5.39. The molecule has 1 N–H and O–H groups in total. The number of piperidine rings is 1. The summed E-state index contributed by atoms with van der Waals surface area (Å²) in [6.45, 7) is 2.07. The molecule has 1 saturated heterocycles. The van der Waals surface area contributed by atoms with Crippen LogP contribution in [0, 0.1) is 0 Å². The third-order valence-electron chi connectivity index (χ3n) is 4.49. The van der Waals surface area contributed by atoms with Crippen molar-refractivity contribution in [1.82, 2.24) is 9.97 Å². The van der Waals surface area contributed by atoms with Crippen LogP contribution in [0.2, 0.25) is 0 Å². The number of carbonyl (C=O) groups is 1. The van der Waals surface area contributed by atoms with E-state index in [1.54, 1.807) is 17.8 Å². The van der Waals surface area contributed by atoms with Gasteiger partial charge in [-0.15, -0.1) is 11.3 Å². The van der Waals surface area contributed by atoms with E-state index in [0.29, 0.717) is 5.69 Å². The molecule has 26 heavy (non-hydrogen) atoms. The smallest absolute Gasteiger partial charge is 0.275 e. The van der Waals surface area contributed by atoms with Crippen LogP contribution in [0.25, 0.3) is 10.6 Å². The number of hydrogen-bond donors (Lipinski definition) is 1.